The SMILES string of the molecule is Cc1nc2ccccc2c2cn(-c3ccc(Cl)cc3)c(C)c12. The van der Waals surface area contributed by atoms with Crippen molar-refractivity contribution in [2.45, 2.75) is 13.8 Å². The quantitative estimate of drug-likeness (QED) is 0.457. The van der Waals surface area contributed by atoms with Crippen molar-refractivity contribution in [2.24, 2.45) is 0 Å². The van der Waals surface area contributed by atoms with Crippen molar-refractivity contribution < 1.29 is 0 Å². The van der Waals surface area contributed by atoms with E-state index in [1.165, 1.54) is 21.9 Å². The van der Waals surface area contributed by atoms with E-state index in [2.05, 4.69) is 42.8 Å². The molecule has 0 saturated heterocycles. The minimum atomic E-state index is 0.751. The van der Waals surface area contributed by atoms with Crippen molar-refractivity contribution >= 4 is 33.3 Å². The van der Waals surface area contributed by atoms with E-state index in [1.807, 2.05) is 30.3 Å². The molecule has 2 aromatic heterocycles. The van der Waals surface area contributed by atoms with Crippen LogP contribution in [0.25, 0.3) is 27.4 Å². The Hall–Kier alpha value is -2.32. The van der Waals surface area contributed by atoms with Crippen LogP contribution in [0.4, 0.5) is 0 Å². The zero-order valence-electron chi connectivity index (χ0n) is 12.5. The Morgan fingerprint density at radius 1 is 0.909 bits per heavy atom. The van der Waals surface area contributed by atoms with Crippen molar-refractivity contribution in [1.82, 2.24) is 9.55 Å². The van der Waals surface area contributed by atoms with Crippen molar-refractivity contribution in [3.63, 3.8) is 0 Å². The highest BCUT2D eigenvalue weighted by Crippen LogP contribution is 2.31. The summed E-state index contributed by atoms with van der Waals surface area (Å²) in [6, 6.07) is 16.2. The van der Waals surface area contributed by atoms with Gasteiger partial charge in [0.05, 0.1) is 5.52 Å². The molecule has 0 fully saturated rings. The largest absolute Gasteiger partial charge is 0.320 e. The van der Waals surface area contributed by atoms with Crippen LogP contribution in [-0.4, -0.2) is 9.55 Å². The predicted molar refractivity (Wildman–Crippen MR) is 93.1 cm³/mol. The molecular weight excluding hydrogens is 292 g/mol. The lowest BCUT2D eigenvalue weighted by molar-refractivity contribution is 1.02. The molecule has 2 nitrogen and oxygen atoms in total. The second kappa shape index (κ2) is 4.85. The van der Waals surface area contributed by atoms with Gasteiger partial charge >= 0.3 is 0 Å². The summed E-state index contributed by atoms with van der Waals surface area (Å²) < 4.78 is 2.21. The molecule has 0 bridgehead atoms. The third-order valence-corrected chi connectivity index (χ3v) is 4.45. The predicted octanol–water partition coefficient (Wildman–Crippen LogP) is 5.45. The van der Waals surface area contributed by atoms with E-state index in [0.717, 1.165) is 21.9 Å². The van der Waals surface area contributed by atoms with Gasteiger partial charge in [-0.1, -0.05) is 29.8 Å². The van der Waals surface area contributed by atoms with Gasteiger partial charge in [0.2, 0.25) is 0 Å². The molecule has 0 spiro atoms. The Balaban J connectivity index is 2.10. The fourth-order valence-electron chi connectivity index (χ4n) is 3.17. The number of benzene rings is 2. The molecule has 0 saturated carbocycles. The van der Waals surface area contributed by atoms with E-state index in [9.17, 15) is 0 Å². The van der Waals surface area contributed by atoms with E-state index < -0.39 is 0 Å². The molecule has 0 amide bonds. The summed E-state index contributed by atoms with van der Waals surface area (Å²) in [4.78, 5) is 4.75. The molecule has 3 heteroatoms. The standard InChI is InChI=1S/C19H15ClN2/c1-12-19-13(2)22(15-9-7-14(20)8-10-15)11-17(19)16-5-3-4-6-18(16)21-12/h3-11H,1-2H3. The highest BCUT2D eigenvalue weighted by atomic mass is 35.5. The van der Waals surface area contributed by atoms with Gasteiger partial charge in [0.15, 0.2) is 0 Å². The number of para-hydroxylation sites is 1. The fourth-order valence-corrected chi connectivity index (χ4v) is 3.30. The summed E-state index contributed by atoms with van der Waals surface area (Å²) in [5.74, 6) is 0. The Morgan fingerprint density at radius 2 is 1.64 bits per heavy atom. The highest BCUT2D eigenvalue weighted by Gasteiger charge is 2.13. The zero-order valence-corrected chi connectivity index (χ0v) is 13.2. The third-order valence-electron chi connectivity index (χ3n) is 4.20. The molecule has 22 heavy (non-hydrogen) atoms. The second-order valence-electron chi connectivity index (χ2n) is 5.56. The second-order valence-corrected chi connectivity index (χ2v) is 6.00. The molecule has 0 aliphatic rings. The van der Waals surface area contributed by atoms with Crippen LogP contribution in [-0.2, 0) is 0 Å². The Labute approximate surface area is 134 Å². The summed E-state index contributed by atoms with van der Waals surface area (Å²) in [5.41, 5.74) is 4.43. The fraction of sp³-hybridized carbons (Fsp3) is 0.105. The van der Waals surface area contributed by atoms with E-state index >= 15 is 0 Å². The summed E-state index contributed by atoms with van der Waals surface area (Å²) in [6.45, 7) is 4.22. The summed E-state index contributed by atoms with van der Waals surface area (Å²) >= 11 is 6.00. The number of fused-ring (bicyclic) bond motifs is 3. The van der Waals surface area contributed by atoms with Crippen LogP contribution >= 0.6 is 11.6 Å². The lowest BCUT2D eigenvalue weighted by atomic mass is 10.1. The number of halogens is 1. The minimum Gasteiger partial charge on any atom is -0.320 e. The van der Waals surface area contributed by atoms with Crippen LogP contribution in [0.2, 0.25) is 5.02 Å². The van der Waals surface area contributed by atoms with Gasteiger partial charge in [-0.2, -0.15) is 0 Å². The smallest absolute Gasteiger partial charge is 0.0712 e. The zero-order chi connectivity index (χ0) is 15.3. The first-order chi connectivity index (χ1) is 10.6. The van der Waals surface area contributed by atoms with E-state index in [-0.39, 0.29) is 0 Å². The summed E-state index contributed by atoms with van der Waals surface area (Å²) in [7, 11) is 0. The third kappa shape index (κ3) is 1.92. The van der Waals surface area contributed by atoms with Gasteiger partial charge in [0, 0.05) is 44.5 Å². The number of hydrogen-bond acceptors (Lipinski definition) is 1. The highest BCUT2D eigenvalue weighted by molar-refractivity contribution is 6.30. The molecule has 0 N–H and O–H groups in total. The molecular formula is C19H15ClN2. The van der Waals surface area contributed by atoms with Gasteiger partial charge in [0.1, 0.15) is 0 Å². The van der Waals surface area contributed by atoms with Crippen LogP contribution in [0.5, 0.6) is 0 Å². The summed E-state index contributed by atoms with van der Waals surface area (Å²) in [6.07, 6.45) is 2.20. The minimum absolute atomic E-state index is 0.751. The lowest BCUT2D eigenvalue weighted by Gasteiger charge is -2.06. The van der Waals surface area contributed by atoms with Crippen molar-refractivity contribution in [2.75, 3.05) is 0 Å². The first kappa shape index (κ1) is 13.4. The lowest BCUT2D eigenvalue weighted by Crippen LogP contribution is -1.94. The van der Waals surface area contributed by atoms with Crippen molar-refractivity contribution in [1.29, 1.82) is 0 Å². The van der Waals surface area contributed by atoms with Crippen LogP contribution in [0, 0.1) is 13.8 Å². The Bertz CT molecular complexity index is 997. The van der Waals surface area contributed by atoms with Crippen LogP contribution in [0.15, 0.2) is 54.7 Å². The van der Waals surface area contributed by atoms with Gasteiger partial charge in [-0.3, -0.25) is 4.98 Å². The average Bonchev–Trinajstić information content (AvgIpc) is 2.87. The average molecular weight is 307 g/mol. The monoisotopic (exact) mass is 306 g/mol. The molecule has 2 heterocycles. The molecule has 0 unspecified atom stereocenters. The molecule has 4 rings (SSSR count). The molecule has 2 aromatic carbocycles. The number of nitrogens with zero attached hydrogens (tertiary/aromatic N) is 2. The molecule has 0 aliphatic carbocycles. The van der Waals surface area contributed by atoms with Gasteiger partial charge < -0.3 is 4.57 Å². The first-order valence-electron chi connectivity index (χ1n) is 7.28. The van der Waals surface area contributed by atoms with Crippen molar-refractivity contribution in [3.8, 4) is 5.69 Å². The first-order valence-corrected chi connectivity index (χ1v) is 7.66. The van der Waals surface area contributed by atoms with Gasteiger partial charge in [-0.25, -0.2) is 0 Å². The number of rotatable bonds is 1. The maximum atomic E-state index is 6.00. The van der Waals surface area contributed by atoms with Crippen LogP contribution in [0.3, 0.4) is 0 Å². The van der Waals surface area contributed by atoms with Crippen molar-refractivity contribution in [3.05, 3.63) is 71.1 Å². The summed E-state index contributed by atoms with van der Waals surface area (Å²) in [5, 5.41) is 4.42. The van der Waals surface area contributed by atoms with E-state index in [1.54, 1.807) is 0 Å². The number of hydrogen-bond donors (Lipinski definition) is 0. The Morgan fingerprint density at radius 3 is 2.41 bits per heavy atom. The Kier molecular flexibility index (Phi) is 2.95. The molecule has 0 aliphatic heterocycles. The van der Waals surface area contributed by atoms with Gasteiger partial charge in [-0.05, 0) is 44.2 Å². The van der Waals surface area contributed by atoms with Gasteiger partial charge in [-0.15, -0.1) is 0 Å². The maximum Gasteiger partial charge on any atom is 0.0712 e. The van der Waals surface area contributed by atoms with Crippen LogP contribution in [0.1, 0.15) is 11.4 Å². The molecule has 4 aromatic rings. The van der Waals surface area contributed by atoms with E-state index in [0.29, 0.717) is 0 Å². The topological polar surface area (TPSA) is 17.8 Å². The number of aryl methyl sites for hydroxylation is 2. The van der Waals surface area contributed by atoms with Gasteiger partial charge in [0.25, 0.3) is 0 Å². The van der Waals surface area contributed by atoms with E-state index in [4.69, 9.17) is 16.6 Å². The number of aromatic nitrogens is 2. The molecule has 0 atom stereocenters. The normalized spacial score (nSPS) is 11.4. The molecule has 108 valence electrons. The van der Waals surface area contributed by atoms with Crippen LogP contribution < -0.4 is 0 Å². The molecule has 0 radical (unpaired) electrons. The number of pyridine rings is 1. The maximum absolute atomic E-state index is 6.00.